The average molecular weight is 500 g/mol. The number of imidazole rings is 1. The number of aliphatic hydroxyl groups excluding tert-OH is 1. The van der Waals surface area contributed by atoms with Crippen molar-refractivity contribution in [2.24, 2.45) is 0 Å². The molecule has 3 heterocycles. The Bertz CT molecular complexity index is 1260. The molecular weight excluding hydrogens is 470 g/mol. The fraction of sp³-hybridized carbons (Fsp3) is 0.348. The zero-order valence-corrected chi connectivity index (χ0v) is 20.2. The molecule has 1 aromatic carbocycles. The molecule has 12 heteroatoms. The highest BCUT2D eigenvalue weighted by atomic mass is 32.2. The quantitative estimate of drug-likeness (QED) is 0.174. The first kappa shape index (κ1) is 24.6. The van der Waals surface area contributed by atoms with Gasteiger partial charge >= 0.3 is 0 Å². The highest BCUT2D eigenvalue weighted by Crippen LogP contribution is 2.23. The standard InChI is InChI=1S/C23H29N7O4S/c1-2-18(13-31)26-23-27-21(24-12-16-7-4-3-5-8-16)20-22(28-23)30(15-25-20)10-6-9-17-11-19(34-14-17)29-35(32)33/h3-5,7-8,11,14-15,18,29,31H,2,6,9-10,12-13H2,1H3,(H,32,33)(H2,24,26,27,28)/t18-/m1/s1. The van der Waals surface area contributed by atoms with Crippen LogP contribution in [0.1, 0.15) is 30.9 Å². The van der Waals surface area contributed by atoms with E-state index in [1.54, 1.807) is 18.7 Å². The van der Waals surface area contributed by atoms with Crippen LogP contribution in [0.25, 0.3) is 11.2 Å². The van der Waals surface area contributed by atoms with Crippen LogP contribution in [0.2, 0.25) is 0 Å². The minimum absolute atomic E-state index is 0.0185. The molecule has 0 spiro atoms. The molecule has 1 unspecified atom stereocenters. The molecule has 0 aliphatic rings. The van der Waals surface area contributed by atoms with Crippen LogP contribution in [-0.2, 0) is 30.8 Å². The van der Waals surface area contributed by atoms with Crippen molar-refractivity contribution in [1.82, 2.24) is 19.5 Å². The Labute approximate surface area is 205 Å². The number of anilines is 3. The number of aryl methyl sites for hydroxylation is 2. The molecule has 0 saturated heterocycles. The van der Waals surface area contributed by atoms with Gasteiger partial charge in [0.25, 0.3) is 11.3 Å². The lowest BCUT2D eigenvalue weighted by atomic mass is 10.2. The maximum absolute atomic E-state index is 10.9. The summed E-state index contributed by atoms with van der Waals surface area (Å²) in [5.74, 6) is 1.30. The van der Waals surface area contributed by atoms with Gasteiger partial charge in [-0.15, -0.1) is 0 Å². The van der Waals surface area contributed by atoms with Crippen LogP contribution in [0.3, 0.4) is 0 Å². The Morgan fingerprint density at radius 2 is 2.03 bits per heavy atom. The first-order valence-corrected chi connectivity index (χ1v) is 12.5. The predicted octanol–water partition coefficient (Wildman–Crippen LogP) is 3.40. The Kier molecular flexibility index (Phi) is 8.29. The van der Waals surface area contributed by atoms with E-state index in [9.17, 15) is 9.32 Å². The lowest BCUT2D eigenvalue weighted by Crippen LogP contribution is -2.24. The maximum Gasteiger partial charge on any atom is 0.261 e. The van der Waals surface area contributed by atoms with Crippen molar-refractivity contribution < 1.29 is 18.3 Å². The first-order valence-electron chi connectivity index (χ1n) is 11.4. The van der Waals surface area contributed by atoms with Gasteiger partial charge in [0.1, 0.15) is 0 Å². The summed E-state index contributed by atoms with van der Waals surface area (Å²) in [6.07, 6.45) is 5.53. The molecule has 4 rings (SSSR count). The zero-order chi connectivity index (χ0) is 24.6. The summed E-state index contributed by atoms with van der Waals surface area (Å²) in [5, 5.41) is 16.2. The summed E-state index contributed by atoms with van der Waals surface area (Å²) in [6.45, 7) is 3.21. The van der Waals surface area contributed by atoms with E-state index in [0.29, 0.717) is 42.4 Å². The summed E-state index contributed by atoms with van der Waals surface area (Å²) in [4.78, 5) is 13.9. The minimum Gasteiger partial charge on any atom is -0.448 e. The lowest BCUT2D eigenvalue weighted by molar-refractivity contribution is 0.271. The molecule has 0 fully saturated rings. The van der Waals surface area contributed by atoms with Crippen molar-refractivity contribution >= 4 is 40.1 Å². The third kappa shape index (κ3) is 6.56. The van der Waals surface area contributed by atoms with Crippen molar-refractivity contribution in [2.45, 2.75) is 45.3 Å². The monoisotopic (exact) mass is 499 g/mol. The van der Waals surface area contributed by atoms with E-state index in [1.807, 2.05) is 41.8 Å². The Hall–Kier alpha value is -3.48. The number of nitrogens with zero attached hydrogens (tertiary/aromatic N) is 4. The minimum atomic E-state index is -2.17. The molecule has 3 aromatic heterocycles. The van der Waals surface area contributed by atoms with Gasteiger partial charge in [-0.25, -0.2) is 9.19 Å². The number of furan rings is 1. The largest absolute Gasteiger partial charge is 0.448 e. The number of nitrogens with one attached hydrogen (secondary N) is 3. The second-order valence-corrected chi connectivity index (χ2v) is 8.75. The van der Waals surface area contributed by atoms with Crippen molar-refractivity contribution in [2.75, 3.05) is 22.0 Å². The molecule has 0 saturated carbocycles. The van der Waals surface area contributed by atoms with E-state index in [1.165, 1.54) is 0 Å². The molecular formula is C23H29N7O4S. The number of hydrogen-bond acceptors (Lipinski definition) is 8. The van der Waals surface area contributed by atoms with Gasteiger partial charge in [0.2, 0.25) is 11.8 Å². The topological polar surface area (TPSA) is 150 Å². The summed E-state index contributed by atoms with van der Waals surface area (Å²) >= 11 is -2.17. The van der Waals surface area contributed by atoms with E-state index in [4.69, 9.17) is 8.97 Å². The normalized spacial score (nSPS) is 13.0. The van der Waals surface area contributed by atoms with Gasteiger partial charge in [0.05, 0.1) is 25.2 Å². The van der Waals surface area contributed by atoms with Crippen LogP contribution in [0.4, 0.5) is 17.7 Å². The number of aromatic nitrogens is 4. The fourth-order valence-corrected chi connectivity index (χ4v) is 3.92. The van der Waals surface area contributed by atoms with E-state index in [2.05, 4.69) is 30.3 Å². The molecule has 4 aromatic rings. The van der Waals surface area contributed by atoms with Crippen LogP contribution in [0, 0.1) is 0 Å². The van der Waals surface area contributed by atoms with E-state index < -0.39 is 11.3 Å². The second kappa shape index (κ2) is 11.8. The van der Waals surface area contributed by atoms with Gasteiger partial charge in [0.15, 0.2) is 17.0 Å². The average Bonchev–Trinajstić information content (AvgIpc) is 3.48. The highest BCUT2D eigenvalue weighted by molar-refractivity contribution is 7.80. The summed E-state index contributed by atoms with van der Waals surface area (Å²) in [6, 6.07) is 11.6. The SMILES string of the molecule is CC[C@H](CO)Nc1nc(NCc2ccccc2)c2ncn(CCCc3coc(NS(=O)O)c3)c2n1. The number of hydrogen-bond donors (Lipinski definition) is 5. The molecule has 0 bridgehead atoms. The summed E-state index contributed by atoms with van der Waals surface area (Å²) in [5.41, 5.74) is 3.40. The lowest BCUT2D eigenvalue weighted by Gasteiger charge is -2.15. The van der Waals surface area contributed by atoms with Crippen molar-refractivity contribution in [3.8, 4) is 0 Å². The molecule has 0 amide bonds. The number of rotatable bonds is 13. The molecule has 0 aliphatic carbocycles. The predicted molar refractivity (Wildman–Crippen MR) is 135 cm³/mol. The maximum atomic E-state index is 10.9. The van der Waals surface area contributed by atoms with Crippen LogP contribution in [0.15, 0.2) is 53.4 Å². The van der Waals surface area contributed by atoms with E-state index in [0.717, 1.165) is 24.0 Å². The van der Waals surface area contributed by atoms with Crippen molar-refractivity contribution in [1.29, 1.82) is 0 Å². The first-order chi connectivity index (χ1) is 17.1. The molecule has 11 nitrogen and oxygen atoms in total. The highest BCUT2D eigenvalue weighted by Gasteiger charge is 2.15. The Morgan fingerprint density at radius 1 is 1.20 bits per heavy atom. The number of benzene rings is 1. The van der Waals surface area contributed by atoms with Gasteiger partial charge < -0.3 is 24.7 Å². The van der Waals surface area contributed by atoms with Crippen LogP contribution in [-0.4, -0.2) is 46.0 Å². The molecule has 35 heavy (non-hydrogen) atoms. The van der Waals surface area contributed by atoms with Gasteiger partial charge in [-0.3, -0.25) is 9.27 Å². The van der Waals surface area contributed by atoms with Crippen molar-refractivity contribution in [3.63, 3.8) is 0 Å². The van der Waals surface area contributed by atoms with Gasteiger partial charge in [-0.05, 0) is 30.4 Å². The van der Waals surface area contributed by atoms with Gasteiger partial charge in [-0.1, -0.05) is 37.3 Å². The molecule has 0 radical (unpaired) electrons. The van der Waals surface area contributed by atoms with Crippen molar-refractivity contribution in [3.05, 3.63) is 60.1 Å². The van der Waals surface area contributed by atoms with E-state index in [-0.39, 0.29) is 18.5 Å². The number of aliphatic hydroxyl groups is 1. The Balaban J connectivity index is 1.52. The third-order valence-corrected chi connectivity index (χ3v) is 5.90. The smallest absolute Gasteiger partial charge is 0.261 e. The molecule has 5 N–H and O–H groups in total. The summed E-state index contributed by atoms with van der Waals surface area (Å²) in [7, 11) is 0. The summed E-state index contributed by atoms with van der Waals surface area (Å²) < 4.78 is 29.3. The van der Waals surface area contributed by atoms with E-state index >= 15 is 0 Å². The molecule has 2 atom stereocenters. The van der Waals surface area contributed by atoms with Gasteiger partial charge in [-0.2, -0.15) is 9.97 Å². The Morgan fingerprint density at radius 3 is 2.77 bits per heavy atom. The molecule has 0 aliphatic heterocycles. The number of fused-ring (bicyclic) bond motifs is 1. The van der Waals surface area contributed by atoms with Crippen LogP contribution >= 0.6 is 0 Å². The van der Waals surface area contributed by atoms with Crippen LogP contribution in [0.5, 0.6) is 0 Å². The van der Waals surface area contributed by atoms with Crippen LogP contribution < -0.4 is 15.4 Å². The molecule has 186 valence electrons. The third-order valence-electron chi connectivity index (χ3n) is 5.52. The zero-order valence-electron chi connectivity index (χ0n) is 19.3. The van der Waals surface area contributed by atoms with Gasteiger partial charge in [0, 0.05) is 19.2 Å². The fourth-order valence-electron chi connectivity index (χ4n) is 3.64. The second-order valence-electron chi connectivity index (χ2n) is 8.05.